The molecule has 0 bridgehead atoms. The molecule has 1 atom stereocenters. The van der Waals surface area contributed by atoms with Gasteiger partial charge in [0.2, 0.25) is 5.91 Å². The Balaban J connectivity index is 1.45. The van der Waals surface area contributed by atoms with E-state index in [0.717, 1.165) is 64.0 Å². The van der Waals surface area contributed by atoms with Crippen molar-refractivity contribution in [3.8, 4) is 0 Å². The van der Waals surface area contributed by atoms with Gasteiger partial charge in [0, 0.05) is 43.0 Å². The van der Waals surface area contributed by atoms with Gasteiger partial charge in [-0.15, -0.1) is 0 Å². The number of aryl methyl sites for hydroxylation is 1. The first-order chi connectivity index (χ1) is 14.8. The highest BCUT2D eigenvalue weighted by Gasteiger charge is 2.30. The summed E-state index contributed by atoms with van der Waals surface area (Å²) in [6, 6.07) is 4.56. The molecule has 1 aromatic heterocycles. The molecule has 1 fully saturated rings. The molecule has 5 nitrogen and oxygen atoms in total. The minimum absolute atomic E-state index is 0.159. The maximum atomic E-state index is 12.6. The highest BCUT2D eigenvalue weighted by Crippen LogP contribution is 2.30. The van der Waals surface area contributed by atoms with Gasteiger partial charge < -0.3 is 5.32 Å². The molecule has 0 aliphatic carbocycles. The van der Waals surface area contributed by atoms with Crippen LogP contribution in [0.25, 0.3) is 0 Å². The third-order valence-electron chi connectivity index (χ3n) is 5.91. The van der Waals surface area contributed by atoms with Crippen LogP contribution in [0.1, 0.15) is 55.8 Å². The SMILES string of the molecule is CCCn1ncc(CN2CCC[C@H](CCC(=O)Nc3ccc(C(F)(F)F)cc3)C2)c1C. The van der Waals surface area contributed by atoms with Crippen molar-refractivity contribution in [2.24, 2.45) is 5.92 Å². The van der Waals surface area contributed by atoms with Gasteiger partial charge in [0.15, 0.2) is 0 Å². The predicted molar refractivity (Wildman–Crippen MR) is 115 cm³/mol. The molecule has 2 heterocycles. The van der Waals surface area contributed by atoms with E-state index in [1.165, 1.54) is 23.4 Å². The molecule has 8 heteroatoms. The lowest BCUT2D eigenvalue weighted by Crippen LogP contribution is -2.35. The summed E-state index contributed by atoms with van der Waals surface area (Å²) in [6.07, 6.45) is 1.99. The fraction of sp³-hybridized carbons (Fsp3) is 0.565. The van der Waals surface area contributed by atoms with Crippen LogP contribution in [-0.4, -0.2) is 33.7 Å². The average molecular weight is 437 g/mol. The molecule has 31 heavy (non-hydrogen) atoms. The highest BCUT2D eigenvalue weighted by molar-refractivity contribution is 5.90. The van der Waals surface area contributed by atoms with E-state index in [4.69, 9.17) is 0 Å². The third-order valence-corrected chi connectivity index (χ3v) is 5.91. The summed E-state index contributed by atoms with van der Waals surface area (Å²) in [6.45, 7) is 8.07. The first kappa shape index (κ1) is 23.3. The number of aromatic nitrogens is 2. The summed E-state index contributed by atoms with van der Waals surface area (Å²) >= 11 is 0. The van der Waals surface area contributed by atoms with Crippen LogP contribution in [0.15, 0.2) is 30.5 Å². The topological polar surface area (TPSA) is 50.2 Å². The number of benzene rings is 1. The molecular formula is C23H31F3N4O. The van der Waals surface area contributed by atoms with Crippen LogP contribution in [0.4, 0.5) is 18.9 Å². The molecule has 1 saturated heterocycles. The number of hydrogen-bond acceptors (Lipinski definition) is 3. The average Bonchev–Trinajstić information content (AvgIpc) is 3.06. The molecule has 1 aliphatic rings. The summed E-state index contributed by atoms with van der Waals surface area (Å²) < 4.78 is 40.0. The van der Waals surface area contributed by atoms with Gasteiger partial charge in [-0.2, -0.15) is 18.3 Å². The quantitative estimate of drug-likeness (QED) is 0.615. The van der Waals surface area contributed by atoms with Gasteiger partial charge in [-0.3, -0.25) is 14.4 Å². The van der Waals surface area contributed by atoms with E-state index >= 15 is 0 Å². The van der Waals surface area contributed by atoms with Crippen LogP contribution < -0.4 is 5.32 Å². The van der Waals surface area contributed by atoms with E-state index in [1.54, 1.807) is 0 Å². The molecular weight excluding hydrogens is 405 g/mol. The molecule has 3 rings (SSSR count). The second-order valence-electron chi connectivity index (χ2n) is 8.38. The first-order valence-corrected chi connectivity index (χ1v) is 11.0. The van der Waals surface area contributed by atoms with E-state index < -0.39 is 11.7 Å². The zero-order valence-corrected chi connectivity index (χ0v) is 18.2. The predicted octanol–water partition coefficient (Wildman–Crippen LogP) is 5.25. The Labute approximate surface area is 181 Å². The molecule has 0 unspecified atom stereocenters. The molecule has 1 aromatic carbocycles. The highest BCUT2D eigenvalue weighted by atomic mass is 19.4. The number of halogens is 3. The van der Waals surface area contributed by atoms with Gasteiger partial charge in [0.25, 0.3) is 0 Å². The van der Waals surface area contributed by atoms with E-state index in [-0.39, 0.29) is 5.91 Å². The lowest BCUT2D eigenvalue weighted by molar-refractivity contribution is -0.137. The number of nitrogens with one attached hydrogen (secondary N) is 1. The number of alkyl halides is 3. The van der Waals surface area contributed by atoms with Gasteiger partial charge in [-0.1, -0.05) is 6.92 Å². The number of nitrogens with zero attached hydrogens (tertiary/aromatic N) is 3. The Bertz CT molecular complexity index is 861. The first-order valence-electron chi connectivity index (χ1n) is 11.0. The van der Waals surface area contributed by atoms with Crippen molar-refractivity contribution in [2.75, 3.05) is 18.4 Å². The zero-order valence-electron chi connectivity index (χ0n) is 18.2. The van der Waals surface area contributed by atoms with Crippen molar-refractivity contribution in [2.45, 2.75) is 65.2 Å². The number of carbonyl (C=O) groups is 1. The van der Waals surface area contributed by atoms with Crippen LogP contribution in [0.5, 0.6) is 0 Å². The molecule has 1 N–H and O–H groups in total. The van der Waals surface area contributed by atoms with Crippen LogP contribution in [0.3, 0.4) is 0 Å². The van der Waals surface area contributed by atoms with Gasteiger partial charge in [-0.05, 0) is 69.3 Å². The van der Waals surface area contributed by atoms with Crippen LogP contribution in [-0.2, 0) is 24.1 Å². The van der Waals surface area contributed by atoms with Crippen molar-refractivity contribution in [1.29, 1.82) is 0 Å². The molecule has 1 amide bonds. The molecule has 0 radical (unpaired) electrons. The van der Waals surface area contributed by atoms with Crippen molar-refractivity contribution >= 4 is 11.6 Å². The summed E-state index contributed by atoms with van der Waals surface area (Å²) in [5.41, 5.74) is 2.15. The monoisotopic (exact) mass is 436 g/mol. The second kappa shape index (κ2) is 10.3. The molecule has 170 valence electrons. The Morgan fingerprint density at radius 1 is 1.26 bits per heavy atom. The fourth-order valence-corrected chi connectivity index (χ4v) is 4.15. The van der Waals surface area contributed by atoms with E-state index in [2.05, 4.69) is 33.8 Å². The van der Waals surface area contributed by atoms with Crippen LogP contribution in [0.2, 0.25) is 0 Å². The smallest absolute Gasteiger partial charge is 0.326 e. The Morgan fingerprint density at radius 3 is 2.68 bits per heavy atom. The minimum atomic E-state index is -4.37. The minimum Gasteiger partial charge on any atom is -0.326 e. The summed E-state index contributed by atoms with van der Waals surface area (Å²) in [7, 11) is 0. The van der Waals surface area contributed by atoms with Crippen LogP contribution >= 0.6 is 0 Å². The Hall–Kier alpha value is -2.35. The van der Waals surface area contributed by atoms with Gasteiger partial charge in [0.1, 0.15) is 0 Å². The van der Waals surface area contributed by atoms with Crippen molar-refractivity contribution in [3.63, 3.8) is 0 Å². The van der Waals surface area contributed by atoms with Gasteiger partial charge in [-0.25, -0.2) is 0 Å². The number of carbonyl (C=O) groups excluding carboxylic acids is 1. The van der Waals surface area contributed by atoms with Crippen LogP contribution in [0, 0.1) is 12.8 Å². The second-order valence-corrected chi connectivity index (χ2v) is 8.38. The van der Waals surface area contributed by atoms with Crippen molar-refractivity contribution in [1.82, 2.24) is 14.7 Å². The van der Waals surface area contributed by atoms with E-state index in [9.17, 15) is 18.0 Å². The molecule has 0 spiro atoms. The van der Waals surface area contributed by atoms with E-state index in [0.29, 0.717) is 18.0 Å². The third kappa shape index (κ3) is 6.56. The normalized spacial score (nSPS) is 17.6. The summed E-state index contributed by atoms with van der Waals surface area (Å²) in [4.78, 5) is 14.7. The number of piperidine rings is 1. The van der Waals surface area contributed by atoms with Gasteiger partial charge >= 0.3 is 6.18 Å². The van der Waals surface area contributed by atoms with Gasteiger partial charge in [0.05, 0.1) is 11.8 Å². The largest absolute Gasteiger partial charge is 0.416 e. The van der Waals surface area contributed by atoms with E-state index in [1.807, 2.05) is 6.20 Å². The molecule has 2 aromatic rings. The number of likely N-dealkylation sites (tertiary alicyclic amines) is 1. The standard InChI is InChI=1S/C23H31F3N4O/c1-3-12-30-17(2)19(14-27-30)16-29-13-4-5-18(15-29)6-11-22(31)28-21-9-7-20(8-10-21)23(24,25)26/h7-10,14,18H,3-6,11-13,15-16H2,1-2H3,(H,28,31)/t18-/m1/s1. The maximum absolute atomic E-state index is 12.6. The van der Waals surface area contributed by atoms with Crippen molar-refractivity contribution < 1.29 is 18.0 Å². The number of amides is 1. The number of hydrogen-bond donors (Lipinski definition) is 1. The summed E-state index contributed by atoms with van der Waals surface area (Å²) in [5.74, 6) is 0.284. The zero-order chi connectivity index (χ0) is 22.4. The lowest BCUT2D eigenvalue weighted by Gasteiger charge is -2.32. The number of anilines is 1. The van der Waals surface area contributed by atoms with Crippen molar-refractivity contribution in [3.05, 3.63) is 47.3 Å². The molecule has 1 aliphatic heterocycles. The lowest BCUT2D eigenvalue weighted by atomic mass is 9.93. The number of rotatable bonds is 8. The summed E-state index contributed by atoms with van der Waals surface area (Å²) in [5, 5.41) is 7.19. The maximum Gasteiger partial charge on any atom is 0.416 e. The Kier molecular flexibility index (Phi) is 7.75. The fourth-order valence-electron chi connectivity index (χ4n) is 4.15. The Morgan fingerprint density at radius 2 is 2.00 bits per heavy atom. The molecule has 0 saturated carbocycles.